The Balaban J connectivity index is 2.14. The Morgan fingerprint density at radius 3 is 2.89 bits per heavy atom. The maximum atomic E-state index is 13.2. The number of hydrogen-bond acceptors (Lipinski definition) is 4. The van der Waals surface area contributed by atoms with E-state index in [4.69, 9.17) is 11.6 Å². The molecule has 0 bridgehead atoms. The monoisotopic (exact) mass is 361 g/mol. The fourth-order valence-corrected chi connectivity index (χ4v) is 2.44. The van der Waals surface area contributed by atoms with Gasteiger partial charge in [0, 0.05) is 17.1 Å². The third kappa shape index (κ3) is 4.06. The number of aromatic nitrogens is 2. The first kappa shape index (κ1) is 14.6. The van der Waals surface area contributed by atoms with Crippen molar-refractivity contribution < 1.29 is 4.39 Å². The van der Waals surface area contributed by atoms with Gasteiger partial charge in [0.25, 0.3) is 0 Å². The van der Waals surface area contributed by atoms with Crippen LogP contribution >= 0.6 is 39.3 Å². The van der Waals surface area contributed by atoms with E-state index in [1.165, 1.54) is 23.9 Å². The summed E-state index contributed by atoms with van der Waals surface area (Å²) in [5, 5.41) is 4.07. The van der Waals surface area contributed by atoms with Gasteiger partial charge in [0.2, 0.25) is 0 Å². The van der Waals surface area contributed by atoms with Crippen molar-refractivity contribution in [2.24, 2.45) is 0 Å². The van der Waals surface area contributed by atoms with Crippen molar-refractivity contribution in [3.63, 3.8) is 0 Å². The summed E-state index contributed by atoms with van der Waals surface area (Å²) in [5.41, 5.74) is 0.806. The van der Waals surface area contributed by atoms with Gasteiger partial charge in [-0.3, -0.25) is 0 Å². The number of rotatable bonds is 4. The molecule has 0 radical (unpaired) electrons. The topological polar surface area (TPSA) is 37.8 Å². The van der Waals surface area contributed by atoms with Crippen LogP contribution < -0.4 is 5.32 Å². The highest BCUT2D eigenvalue weighted by Crippen LogP contribution is 2.21. The second-order valence-electron chi connectivity index (χ2n) is 3.65. The number of nitrogens with one attached hydrogen (secondary N) is 1. The van der Waals surface area contributed by atoms with Crippen molar-refractivity contribution in [3.05, 3.63) is 45.3 Å². The smallest absolute Gasteiger partial charge is 0.190 e. The zero-order valence-electron chi connectivity index (χ0n) is 9.95. The van der Waals surface area contributed by atoms with Crippen LogP contribution in [0, 0.1) is 5.82 Å². The van der Waals surface area contributed by atoms with E-state index < -0.39 is 0 Å². The van der Waals surface area contributed by atoms with E-state index in [9.17, 15) is 4.39 Å². The fourth-order valence-electron chi connectivity index (χ4n) is 1.44. The van der Waals surface area contributed by atoms with Gasteiger partial charge in [-0.05, 0) is 30.0 Å². The van der Waals surface area contributed by atoms with Crippen molar-refractivity contribution in [1.82, 2.24) is 9.97 Å². The molecule has 0 fully saturated rings. The predicted molar refractivity (Wildman–Crippen MR) is 80.2 cm³/mol. The molecule has 2 rings (SSSR count). The van der Waals surface area contributed by atoms with Gasteiger partial charge in [-0.25, -0.2) is 14.4 Å². The highest BCUT2D eigenvalue weighted by molar-refractivity contribution is 9.10. The second kappa shape index (κ2) is 6.54. The van der Waals surface area contributed by atoms with E-state index in [0.29, 0.717) is 22.7 Å². The quantitative estimate of drug-likeness (QED) is 0.498. The van der Waals surface area contributed by atoms with Crippen molar-refractivity contribution >= 4 is 45.1 Å². The minimum absolute atomic E-state index is 0.273. The number of anilines is 1. The lowest BCUT2D eigenvalue weighted by Gasteiger charge is -2.08. The first-order valence-corrected chi connectivity index (χ1v) is 7.74. The zero-order chi connectivity index (χ0) is 13.8. The summed E-state index contributed by atoms with van der Waals surface area (Å²) >= 11 is 10.7. The number of halogens is 3. The standard InChI is InChI=1S/C12H10BrClFN3S/c1-19-12-17-10(14)5-11(18-12)16-6-7-4-8(15)2-3-9(7)13/h2-5H,6H2,1H3,(H,16,17,18). The SMILES string of the molecule is CSc1nc(Cl)cc(NCc2cc(F)ccc2Br)n1. The van der Waals surface area contributed by atoms with Gasteiger partial charge < -0.3 is 5.32 Å². The molecule has 0 atom stereocenters. The molecule has 100 valence electrons. The van der Waals surface area contributed by atoms with Gasteiger partial charge in [0.05, 0.1) is 0 Å². The Labute approximate surface area is 128 Å². The lowest BCUT2D eigenvalue weighted by molar-refractivity contribution is 0.625. The molecule has 0 amide bonds. The summed E-state index contributed by atoms with van der Waals surface area (Å²) in [4.78, 5) is 8.31. The van der Waals surface area contributed by atoms with Gasteiger partial charge in [-0.2, -0.15) is 0 Å². The highest BCUT2D eigenvalue weighted by Gasteiger charge is 2.05. The number of benzene rings is 1. The van der Waals surface area contributed by atoms with Gasteiger partial charge in [0.1, 0.15) is 16.8 Å². The van der Waals surface area contributed by atoms with Gasteiger partial charge in [0.15, 0.2) is 5.16 Å². The third-order valence-electron chi connectivity index (χ3n) is 2.32. The summed E-state index contributed by atoms with van der Waals surface area (Å²) in [5.74, 6) is 0.339. The largest absolute Gasteiger partial charge is 0.366 e. The summed E-state index contributed by atoms with van der Waals surface area (Å²) in [6.07, 6.45) is 1.87. The molecule has 0 aliphatic rings. The molecule has 0 aliphatic carbocycles. The molecular formula is C12H10BrClFN3S. The van der Waals surface area contributed by atoms with E-state index >= 15 is 0 Å². The molecule has 0 unspecified atom stereocenters. The summed E-state index contributed by atoms with van der Waals surface area (Å²) in [7, 11) is 0. The summed E-state index contributed by atoms with van der Waals surface area (Å²) in [6.45, 7) is 0.444. The van der Waals surface area contributed by atoms with Crippen LogP contribution in [0.5, 0.6) is 0 Å². The average molecular weight is 363 g/mol. The highest BCUT2D eigenvalue weighted by atomic mass is 79.9. The fraction of sp³-hybridized carbons (Fsp3) is 0.167. The Kier molecular flexibility index (Phi) is 5.01. The molecule has 1 aromatic heterocycles. The molecule has 0 spiro atoms. The van der Waals surface area contributed by atoms with Gasteiger partial charge >= 0.3 is 0 Å². The molecule has 0 saturated heterocycles. The third-order valence-corrected chi connectivity index (χ3v) is 3.84. The van der Waals surface area contributed by atoms with Crippen molar-refractivity contribution in [3.8, 4) is 0 Å². The average Bonchev–Trinajstić information content (AvgIpc) is 2.39. The molecule has 2 aromatic rings. The molecule has 0 aliphatic heterocycles. The number of hydrogen-bond donors (Lipinski definition) is 1. The molecule has 19 heavy (non-hydrogen) atoms. The van der Waals surface area contributed by atoms with Crippen LogP contribution in [0.4, 0.5) is 10.2 Å². The minimum atomic E-state index is -0.273. The Bertz CT molecular complexity index is 597. The maximum Gasteiger partial charge on any atom is 0.190 e. The van der Waals surface area contributed by atoms with Crippen LogP contribution in [-0.4, -0.2) is 16.2 Å². The predicted octanol–water partition coefficient (Wildman–Crippen LogP) is 4.37. The van der Waals surface area contributed by atoms with Crippen LogP contribution in [0.25, 0.3) is 0 Å². The molecular weight excluding hydrogens is 353 g/mol. The number of nitrogens with zero attached hydrogens (tertiary/aromatic N) is 2. The molecule has 0 saturated carbocycles. The van der Waals surface area contributed by atoms with E-state index in [-0.39, 0.29) is 5.82 Å². The normalized spacial score (nSPS) is 10.5. The van der Waals surface area contributed by atoms with Gasteiger partial charge in [-0.1, -0.05) is 39.3 Å². The summed E-state index contributed by atoms with van der Waals surface area (Å²) < 4.78 is 14.0. The molecule has 3 nitrogen and oxygen atoms in total. The van der Waals surface area contributed by atoms with Crippen LogP contribution in [0.15, 0.2) is 33.9 Å². The Hall–Kier alpha value is -0.850. The Morgan fingerprint density at radius 2 is 2.16 bits per heavy atom. The molecule has 1 N–H and O–H groups in total. The van der Waals surface area contributed by atoms with E-state index in [1.807, 2.05) is 6.26 Å². The molecule has 7 heteroatoms. The Morgan fingerprint density at radius 1 is 1.37 bits per heavy atom. The summed E-state index contributed by atoms with van der Waals surface area (Å²) in [6, 6.07) is 6.18. The lowest BCUT2D eigenvalue weighted by atomic mass is 10.2. The van der Waals surface area contributed by atoms with Gasteiger partial charge in [-0.15, -0.1) is 0 Å². The van der Waals surface area contributed by atoms with E-state index in [2.05, 4.69) is 31.2 Å². The van der Waals surface area contributed by atoms with Crippen LogP contribution in [-0.2, 0) is 6.54 Å². The van der Waals surface area contributed by atoms with E-state index in [1.54, 1.807) is 12.1 Å². The van der Waals surface area contributed by atoms with E-state index in [0.717, 1.165) is 10.0 Å². The zero-order valence-corrected chi connectivity index (χ0v) is 13.1. The molecule has 1 heterocycles. The van der Waals surface area contributed by atoms with Crippen LogP contribution in [0.1, 0.15) is 5.56 Å². The van der Waals surface area contributed by atoms with Crippen LogP contribution in [0.3, 0.4) is 0 Å². The van der Waals surface area contributed by atoms with Crippen molar-refractivity contribution in [1.29, 1.82) is 0 Å². The second-order valence-corrected chi connectivity index (χ2v) is 5.67. The first-order valence-electron chi connectivity index (χ1n) is 5.35. The minimum Gasteiger partial charge on any atom is -0.366 e. The van der Waals surface area contributed by atoms with Crippen molar-refractivity contribution in [2.45, 2.75) is 11.7 Å². The molecule has 1 aromatic carbocycles. The lowest BCUT2D eigenvalue weighted by Crippen LogP contribution is -2.03. The first-order chi connectivity index (χ1) is 9.08. The van der Waals surface area contributed by atoms with Crippen LogP contribution in [0.2, 0.25) is 5.15 Å². The van der Waals surface area contributed by atoms with Crippen molar-refractivity contribution in [2.75, 3.05) is 11.6 Å². The maximum absolute atomic E-state index is 13.2. The number of thioether (sulfide) groups is 1.